The Labute approximate surface area is 121 Å². The molecule has 1 aromatic carbocycles. The zero-order valence-corrected chi connectivity index (χ0v) is 12.1. The van der Waals surface area contributed by atoms with Gasteiger partial charge in [-0.3, -0.25) is 10.1 Å². The summed E-state index contributed by atoms with van der Waals surface area (Å²) in [6.45, 7) is 3.36. The van der Waals surface area contributed by atoms with E-state index in [1.165, 1.54) is 26.2 Å². The fraction of sp³-hybridized carbons (Fsp3) is 0.462. The fourth-order valence-corrected chi connectivity index (χ4v) is 1.67. The van der Waals surface area contributed by atoms with Gasteiger partial charge in [-0.1, -0.05) is 0 Å². The van der Waals surface area contributed by atoms with Gasteiger partial charge in [-0.25, -0.2) is 4.79 Å². The molecule has 1 unspecified atom stereocenters. The number of nitro benzene ring substituents is 1. The van der Waals surface area contributed by atoms with Gasteiger partial charge in [0.25, 0.3) is 5.69 Å². The molecule has 1 rings (SSSR count). The molecule has 0 spiro atoms. The van der Waals surface area contributed by atoms with Crippen molar-refractivity contribution in [1.82, 2.24) is 0 Å². The molecular weight excluding hydrogens is 280 g/mol. The van der Waals surface area contributed by atoms with Crippen LogP contribution < -0.4 is 15.2 Å². The molecule has 0 bridgehead atoms. The summed E-state index contributed by atoms with van der Waals surface area (Å²) in [6, 6.07) is 2.61. The average molecular weight is 298 g/mol. The predicted molar refractivity (Wildman–Crippen MR) is 74.3 cm³/mol. The van der Waals surface area contributed by atoms with Gasteiger partial charge in [0.1, 0.15) is 0 Å². The second-order valence-corrected chi connectivity index (χ2v) is 4.11. The molecule has 8 heteroatoms. The van der Waals surface area contributed by atoms with Crippen molar-refractivity contribution in [2.75, 3.05) is 13.7 Å². The maximum Gasteiger partial charge on any atom is 0.347 e. The lowest BCUT2D eigenvalue weighted by atomic mass is 10.1. The Morgan fingerprint density at radius 2 is 2.10 bits per heavy atom. The maximum atomic E-state index is 11.5. The standard InChI is InChI=1S/C13H18N2O6/c1-4-20-13(16)8(2)21-12-6-10(15(17)18)9(7-14)5-11(12)19-3/h5-6,8H,4,7,14H2,1-3H3. The van der Waals surface area contributed by atoms with Crippen LogP contribution >= 0.6 is 0 Å². The number of carbonyl (C=O) groups is 1. The Morgan fingerprint density at radius 3 is 2.57 bits per heavy atom. The van der Waals surface area contributed by atoms with Crippen LogP contribution in [0.25, 0.3) is 0 Å². The number of carbonyl (C=O) groups excluding carboxylic acids is 1. The van der Waals surface area contributed by atoms with Gasteiger partial charge >= 0.3 is 5.97 Å². The van der Waals surface area contributed by atoms with Gasteiger partial charge in [0.2, 0.25) is 0 Å². The molecule has 0 aliphatic heterocycles. The van der Waals surface area contributed by atoms with Crippen LogP contribution in [0.15, 0.2) is 12.1 Å². The SMILES string of the molecule is CCOC(=O)C(C)Oc1cc([N+](=O)[O-])c(CN)cc1OC. The van der Waals surface area contributed by atoms with Crippen molar-refractivity contribution in [2.45, 2.75) is 26.5 Å². The van der Waals surface area contributed by atoms with Crippen molar-refractivity contribution >= 4 is 11.7 Å². The van der Waals surface area contributed by atoms with Crippen molar-refractivity contribution in [3.05, 3.63) is 27.8 Å². The summed E-state index contributed by atoms with van der Waals surface area (Å²) >= 11 is 0. The molecule has 0 aliphatic rings. The molecule has 0 aliphatic carbocycles. The van der Waals surface area contributed by atoms with E-state index >= 15 is 0 Å². The lowest BCUT2D eigenvalue weighted by molar-refractivity contribution is -0.385. The number of nitro groups is 1. The van der Waals surface area contributed by atoms with Crippen molar-refractivity contribution in [1.29, 1.82) is 0 Å². The smallest absolute Gasteiger partial charge is 0.347 e. The molecule has 2 N–H and O–H groups in total. The highest BCUT2D eigenvalue weighted by Gasteiger charge is 2.23. The first-order chi connectivity index (χ1) is 9.94. The van der Waals surface area contributed by atoms with Crippen LogP contribution in [0.3, 0.4) is 0 Å². The molecule has 8 nitrogen and oxygen atoms in total. The molecule has 0 heterocycles. The van der Waals surface area contributed by atoms with Gasteiger partial charge < -0.3 is 19.9 Å². The summed E-state index contributed by atoms with van der Waals surface area (Å²) in [5.41, 5.74) is 5.60. The van der Waals surface area contributed by atoms with Gasteiger partial charge in [0.15, 0.2) is 17.6 Å². The van der Waals surface area contributed by atoms with Crippen molar-refractivity contribution < 1.29 is 23.9 Å². The van der Waals surface area contributed by atoms with Gasteiger partial charge in [0.05, 0.1) is 24.7 Å². The van der Waals surface area contributed by atoms with Gasteiger partial charge in [-0.15, -0.1) is 0 Å². The number of methoxy groups -OCH3 is 1. The van der Waals surface area contributed by atoms with Gasteiger partial charge in [-0.2, -0.15) is 0 Å². The number of esters is 1. The van der Waals surface area contributed by atoms with E-state index in [1.807, 2.05) is 0 Å². The number of hydrogen-bond acceptors (Lipinski definition) is 7. The van der Waals surface area contributed by atoms with Crippen LogP contribution in [0.4, 0.5) is 5.69 Å². The van der Waals surface area contributed by atoms with Crippen LogP contribution in [0.1, 0.15) is 19.4 Å². The van der Waals surface area contributed by atoms with Crippen LogP contribution in [0, 0.1) is 10.1 Å². The number of benzene rings is 1. The second-order valence-electron chi connectivity index (χ2n) is 4.11. The first kappa shape index (κ1) is 16.7. The highest BCUT2D eigenvalue weighted by atomic mass is 16.6. The topological polar surface area (TPSA) is 114 Å². The largest absolute Gasteiger partial charge is 0.493 e. The quantitative estimate of drug-likeness (QED) is 0.459. The number of rotatable bonds is 7. The molecule has 116 valence electrons. The molecule has 0 saturated carbocycles. The molecule has 0 saturated heterocycles. The molecule has 21 heavy (non-hydrogen) atoms. The Bertz CT molecular complexity index is 532. The average Bonchev–Trinajstić information content (AvgIpc) is 2.46. The molecule has 0 amide bonds. The monoisotopic (exact) mass is 298 g/mol. The van der Waals surface area contributed by atoms with Crippen molar-refractivity contribution in [3.8, 4) is 11.5 Å². The predicted octanol–water partition coefficient (Wildman–Crippen LogP) is 1.39. The number of hydrogen-bond donors (Lipinski definition) is 1. The summed E-state index contributed by atoms with van der Waals surface area (Å²) in [7, 11) is 1.39. The fourth-order valence-electron chi connectivity index (χ4n) is 1.67. The first-order valence-corrected chi connectivity index (χ1v) is 6.33. The Balaban J connectivity index is 3.13. The molecule has 0 fully saturated rings. The third kappa shape index (κ3) is 4.06. The van der Waals surface area contributed by atoms with E-state index in [1.54, 1.807) is 6.92 Å². The molecule has 0 radical (unpaired) electrons. The second kappa shape index (κ2) is 7.44. The zero-order chi connectivity index (χ0) is 16.0. The maximum absolute atomic E-state index is 11.5. The summed E-state index contributed by atoms with van der Waals surface area (Å²) in [5, 5.41) is 11.0. The van der Waals surface area contributed by atoms with Gasteiger partial charge in [0, 0.05) is 12.1 Å². The minimum Gasteiger partial charge on any atom is -0.493 e. The van der Waals surface area contributed by atoms with Crippen LogP contribution in [0.2, 0.25) is 0 Å². The summed E-state index contributed by atoms with van der Waals surface area (Å²) < 4.78 is 15.3. The van der Waals surface area contributed by atoms with Crippen LogP contribution in [-0.2, 0) is 16.1 Å². The Morgan fingerprint density at radius 1 is 1.43 bits per heavy atom. The lowest BCUT2D eigenvalue weighted by Crippen LogP contribution is -2.26. The van der Waals surface area contributed by atoms with E-state index < -0.39 is 17.0 Å². The third-order valence-corrected chi connectivity index (χ3v) is 2.70. The van der Waals surface area contributed by atoms with Crippen molar-refractivity contribution in [2.24, 2.45) is 5.73 Å². The highest BCUT2D eigenvalue weighted by Crippen LogP contribution is 2.35. The molecule has 1 aromatic rings. The normalized spacial score (nSPS) is 11.6. The highest BCUT2D eigenvalue weighted by molar-refractivity contribution is 5.74. The zero-order valence-electron chi connectivity index (χ0n) is 12.1. The number of ether oxygens (including phenoxy) is 3. The Hall–Kier alpha value is -2.35. The van der Waals surface area contributed by atoms with E-state index in [0.29, 0.717) is 5.56 Å². The molecular formula is C13H18N2O6. The van der Waals surface area contributed by atoms with Crippen molar-refractivity contribution in [3.63, 3.8) is 0 Å². The van der Waals surface area contributed by atoms with E-state index in [2.05, 4.69) is 0 Å². The third-order valence-electron chi connectivity index (χ3n) is 2.70. The summed E-state index contributed by atoms with van der Waals surface area (Å²) in [4.78, 5) is 22.0. The Kier molecular flexibility index (Phi) is 5.92. The summed E-state index contributed by atoms with van der Waals surface area (Å²) in [5.74, 6) is -0.218. The van der Waals surface area contributed by atoms with E-state index in [4.69, 9.17) is 19.9 Å². The first-order valence-electron chi connectivity index (χ1n) is 6.33. The lowest BCUT2D eigenvalue weighted by Gasteiger charge is -2.16. The molecule has 1 atom stereocenters. The van der Waals surface area contributed by atoms with Crippen LogP contribution in [0.5, 0.6) is 11.5 Å². The van der Waals surface area contributed by atoms with Gasteiger partial charge in [-0.05, 0) is 19.9 Å². The van der Waals surface area contributed by atoms with Crippen LogP contribution in [-0.4, -0.2) is 30.7 Å². The van der Waals surface area contributed by atoms with E-state index in [0.717, 1.165) is 0 Å². The minimum absolute atomic E-state index is 0.0135. The van der Waals surface area contributed by atoms with E-state index in [-0.39, 0.29) is 30.3 Å². The summed E-state index contributed by atoms with van der Waals surface area (Å²) in [6.07, 6.45) is -0.915. The minimum atomic E-state index is -0.915. The molecule has 0 aromatic heterocycles. The number of nitrogens with zero attached hydrogens (tertiary/aromatic N) is 1. The van der Waals surface area contributed by atoms with E-state index in [9.17, 15) is 14.9 Å². The number of nitrogens with two attached hydrogens (primary N) is 1.